The zero-order valence-corrected chi connectivity index (χ0v) is 16.6. The Kier molecular flexibility index (Phi) is 4.83. The lowest BCUT2D eigenvalue weighted by molar-refractivity contribution is -0.131. The zero-order chi connectivity index (χ0) is 19.9. The van der Waals surface area contributed by atoms with Crippen LogP contribution in [0.2, 0.25) is 0 Å². The van der Waals surface area contributed by atoms with Crippen LogP contribution in [-0.2, 0) is 4.79 Å². The van der Waals surface area contributed by atoms with Crippen molar-refractivity contribution in [1.82, 2.24) is 15.2 Å². The summed E-state index contributed by atoms with van der Waals surface area (Å²) in [5.41, 5.74) is 3.24. The summed E-state index contributed by atoms with van der Waals surface area (Å²) in [6.07, 6.45) is 2.55. The van der Waals surface area contributed by atoms with Gasteiger partial charge in [-0.3, -0.25) is 15.1 Å². The van der Waals surface area contributed by atoms with Crippen molar-refractivity contribution >= 4 is 5.91 Å². The predicted octanol–water partition coefficient (Wildman–Crippen LogP) is 3.62. The fourth-order valence-electron chi connectivity index (χ4n) is 4.38. The third-order valence-electron chi connectivity index (χ3n) is 5.84. The number of nitrogens with zero attached hydrogens (tertiary/aromatic N) is 2. The maximum absolute atomic E-state index is 13.9. The molecule has 148 valence electrons. The monoisotopic (exact) mass is 383 g/mol. The molecule has 0 aliphatic carbocycles. The molecule has 1 N–H and O–H groups in total. The molecule has 28 heavy (non-hydrogen) atoms. The number of likely N-dealkylation sites (N-methyl/N-ethyl adjacent to an activating group) is 1. The van der Waals surface area contributed by atoms with Gasteiger partial charge in [0.1, 0.15) is 5.54 Å². The summed E-state index contributed by atoms with van der Waals surface area (Å²) in [5, 5.41) is 3.57. The van der Waals surface area contributed by atoms with Crippen LogP contribution in [-0.4, -0.2) is 41.5 Å². The van der Waals surface area contributed by atoms with Crippen molar-refractivity contribution in [2.75, 3.05) is 20.2 Å². The topological polar surface area (TPSA) is 54.5 Å². The van der Waals surface area contributed by atoms with Gasteiger partial charge in [-0.05, 0) is 68.5 Å². The molecule has 2 atom stereocenters. The average Bonchev–Trinajstić information content (AvgIpc) is 3.23. The molecule has 0 saturated carbocycles. The van der Waals surface area contributed by atoms with Crippen molar-refractivity contribution in [3.63, 3.8) is 0 Å². The molecule has 0 bridgehead atoms. The van der Waals surface area contributed by atoms with Crippen LogP contribution in [0.25, 0.3) is 11.1 Å². The van der Waals surface area contributed by atoms with E-state index in [1.807, 2.05) is 33.0 Å². The number of benzene rings is 1. The Balaban J connectivity index is 1.64. The van der Waals surface area contributed by atoms with Crippen LogP contribution in [0.5, 0.6) is 5.75 Å². The van der Waals surface area contributed by atoms with Crippen molar-refractivity contribution in [2.24, 2.45) is 0 Å². The van der Waals surface area contributed by atoms with Gasteiger partial charge in [0.2, 0.25) is 5.91 Å². The van der Waals surface area contributed by atoms with Gasteiger partial charge >= 0.3 is 0 Å². The minimum absolute atomic E-state index is 0.0425. The van der Waals surface area contributed by atoms with Crippen LogP contribution in [0.1, 0.15) is 43.6 Å². The summed E-state index contributed by atoms with van der Waals surface area (Å²) in [4.78, 5) is 19.1. The third-order valence-corrected chi connectivity index (χ3v) is 5.84. The molecule has 1 amide bonds. The molecule has 1 spiro atoms. The zero-order valence-electron chi connectivity index (χ0n) is 16.6. The van der Waals surface area contributed by atoms with Gasteiger partial charge in [0, 0.05) is 19.3 Å². The van der Waals surface area contributed by atoms with Gasteiger partial charge < -0.3 is 9.64 Å². The van der Waals surface area contributed by atoms with E-state index in [2.05, 4.69) is 5.32 Å². The Hall–Kier alpha value is -2.47. The Morgan fingerprint density at radius 1 is 1.29 bits per heavy atom. The first-order chi connectivity index (χ1) is 13.4. The lowest BCUT2D eigenvalue weighted by Gasteiger charge is -2.23. The molecule has 4 rings (SSSR count). The summed E-state index contributed by atoms with van der Waals surface area (Å²) in [6, 6.07) is 9.00. The molecular formula is C22H26FN3O2. The van der Waals surface area contributed by atoms with Crippen molar-refractivity contribution in [2.45, 2.75) is 44.7 Å². The van der Waals surface area contributed by atoms with Gasteiger partial charge in [-0.2, -0.15) is 0 Å². The molecule has 6 heteroatoms. The number of pyridine rings is 1. The van der Waals surface area contributed by atoms with Crippen LogP contribution in [0.15, 0.2) is 30.3 Å². The molecule has 5 nitrogen and oxygen atoms in total. The second-order valence-electron chi connectivity index (χ2n) is 7.79. The van der Waals surface area contributed by atoms with Gasteiger partial charge in [-0.25, -0.2) is 4.39 Å². The highest BCUT2D eigenvalue weighted by Gasteiger charge is 2.50. The summed E-state index contributed by atoms with van der Waals surface area (Å²) >= 11 is 0. The second-order valence-corrected chi connectivity index (χ2v) is 7.79. The molecule has 1 aromatic heterocycles. The first-order valence-electron chi connectivity index (χ1n) is 9.86. The molecule has 2 aliphatic rings. The van der Waals surface area contributed by atoms with Crippen LogP contribution < -0.4 is 10.1 Å². The molecule has 0 unspecified atom stereocenters. The number of likely N-dealkylation sites (tertiary alicyclic amines) is 1. The number of rotatable bonds is 4. The van der Waals surface area contributed by atoms with Gasteiger partial charge in [-0.1, -0.05) is 6.07 Å². The van der Waals surface area contributed by atoms with Gasteiger partial charge in [-0.15, -0.1) is 0 Å². The van der Waals surface area contributed by atoms with E-state index in [-0.39, 0.29) is 23.5 Å². The van der Waals surface area contributed by atoms with Crippen molar-refractivity contribution in [3.05, 3.63) is 47.5 Å². The first kappa shape index (κ1) is 18.9. The fraction of sp³-hybridized carbons (Fsp3) is 0.455. The molecule has 2 aliphatic heterocycles. The Labute approximate surface area is 164 Å². The SMILES string of the molecule is CCOc1cc(-c2cc(C)nc([C@@H]3CC[C@@]4(CCN(C)C4=O)N3)c2)ccc1F. The molecule has 2 saturated heterocycles. The quantitative estimate of drug-likeness (QED) is 0.876. The third kappa shape index (κ3) is 3.26. The number of hydrogen-bond donors (Lipinski definition) is 1. The molecule has 1 aromatic carbocycles. The number of aromatic nitrogens is 1. The number of aryl methyl sites for hydroxylation is 1. The normalized spacial score (nSPS) is 24.4. The maximum Gasteiger partial charge on any atom is 0.242 e. The molecule has 2 fully saturated rings. The van der Waals surface area contributed by atoms with Crippen LogP contribution in [0.3, 0.4) is 0 Å². The van der Waals surface area contributed by atoms with Crippen LogP contribution in [0, 0.1) is 12.7 Å². The average molecular weight is 383 g/mol. The fourth-order valence-corrected chi connectivity index (χ4v) is 4.38. The van der Waals surface area contributed by atoms with Gasteiger partial charge in [0.15, 0.2) is 11.6 Å². The standard InChI is InChI=1S/C22H26FN3O2/c1-4-28-20-13-15(5-6-17(20)23)16-11-14(2)24-19(12-16)18-7-8-22(25-18)9-10-26(3)21(22)27/h5-6,11-13,18,25H,4,7-10H2,1-3H3/t18-,22-/m0/s1. The van der Waals surface area contributed by atoms with Crippen molar-refractivity contribution in [1.29, 1.82) is 0 Å². The van der Waals surface area contributed by atoms with Crippen molar-refractivity contribution in [3.8, 4) is 16.9 Å². The van der Waals surface area contributed by atoms with Gasteiger partial charge in [0.25, 0.3) is 0 Å². The number of carbonyl (C=O) groups is 1. The maximum atomic E-state index is 13.9. The number of hydrogen-bond acceptors (Lipinski definition) is 4. The highest BCUT2D eigenvalue weighted by Crippen LogP contribution is 2.39. The number of amides is 1. The number of nitrogens with one attached hydrogen (secondary N) is 1. The highest BCUT2D eigenvalue weighted by atomic mass is 19.1. The van der Waals surface area contributed by atoms with E-state index in [0.29, 0.717) is 6.61 Å². The van der Waals surface area contributed by atoms with Crippen molar-refractivity contribution < 1.29 is 13.9 Å². The van der Waals surface area contributed by atoms with Crippen LogP contribution >= 0.6 is 0 Å². The summed E-state index contributed by atoms with van der Waals surface area (Å²) in [7, 11) is 1.86. The number of carbonyl (C=O) groups excluding carboxylic acids is 1. The lowest BCUT2D eigenvalue weighted by atomic mass is 9.96. The van der Waals surface area contributed by atoms with Gasteiger partial charge in [0.05, 0.1) is 18.3 Å². The Morgan fingerprint density at radius 2 is 2.11 bits per heavy atom. The minimum Gasteiger partial charge on any atom is -0.491 e. The minimum atomic E-state index is -0.441. The Morgan fingerprint density at radius 3 is 2.82 bits per heavy atom. The number of halogens is 1. The summed E-state index contributed by atoms with van der Waals surface area (Å²) in [5.74, 6) is 0.0798. The summed E-state index contributed by atoms with van der Waals surface area (Å²) in [6.45, 7) is 5.00. The molecular weight excluding hydrogens is 357 g/mol. The number of ether oxygens (including phenoxy) is 1. The highest BCUT2D eigenvalue weighted by molar-refractivity contribution is 5.88. The second kappa shape index (κ2) is 7.17. The Bertz CT molecular complexity index is 917. The summed E-state index contributed by atoms with van der Waals surface area (Å²) < 4.78 is 19.3. The molecule has 2 aromatic rings. The van der Waals surface area contributed by atoms with E-state index in [0.717, 1.165) is 48.3 Å². The van der Waals surface area contributed by atoms with E-state index < -0.39 is 5.54 Å². The van der Waals surface area contributed by atoms with E-state index >= 15 is 0 Å². The van der Waals surface area contributed by atoms with E-state index in [4.69, 9.17) is 9.72 Å². The van der Waals surface area contributed by atoms with Crippen LogP contribution in [0.4, 0.5) is 4.39 Å². The molecule has 3 heterocycles. The largest absolute Gasteiger partial charge is 0.491 e. The van der Waals surface area contributed by atoms with E-state index in [1.54, 1.807) is 17.0 Å². The van der Waals surface area contributed by atoms with E-state index in [9.17, 15) is 9.18 Å². The first-order valence-corrected chi connectivity index (χ1v) is 9.86. The lowest BCUT2D eigenvalue weighted by Crippen LogP contribution is -2.47. The smallest absolute Gasteiger partial charge is 0.242 e. The van der Waals surface area contributed by atoms with E-state index in [1.165, 1.54) is 6.07 Å². The molecule has 0 radical (unpaired) electrons. The predicted molar refractivity (Wildman–Crippen MR) is 106 cm³/mol.